The Balaban J connectivity index is 2.45. The Kier molecular flexibility index (Phi) is 2.94. The van der Waals surface area contributed by atoms with Gasteiger partial charge in [0.15, 0.2) is 5.78 Å². The third-order valence-electron chi connectivity index (χ3n) is 3.63. The smallest absolute Gasteiger partial charge is 0.181 e. The summed E-state index contributed by atoms with van der Waals surface area (Å²) in [5.74, 6) is 0.805. The van der Waals surface area contributed by atoms with Gasteiger partial charge in [0.05, 0.1) is 23.0 Å². The lowest BCUT2D eigenvalue weighted by Crippen LogP contribution is -2.14. The summed E-state index contributed by atoms with van der Waals surface area (Å²) in [6.07, 6.45) is 2.23. The Morgan fingerprint density at radius 3 is 2.84 bits per heavy atom. The van der Waals surface area contributed by atoms with Crippen molar-refractivity contribution >= 4 is 28.3 Å². The summed E-state index contributed by atoms with van der Waals surface area (Å²) in [7, 11) is 1.62. The maximum Gasteiger partial charge on any atom is 0.181 e. The third-order valence-corrected chi connectivity index (χ3v) is 4.12. The predicted molar refractivity (Wildman–Crippen MR) is 75.3 cm³/mol. The molecule has 2 aromatic rings. The van der Waals surface area contributed by atoms with Crippen molar-refractivity contribution in [3.05, 3.63) is 34.0 Å². The van der Waals surface area contributed by atoms with Gasteiger partial charge in [0, 0.05) is 12.0 Å². The fourth-order valence-corrected chi connectivity index (χ4v) is 2.90. The molecule has 98 valence electrons. The van der Waals surface area contributed by atoms with Crippen LogP contribution in [0.4, 0.5) is 0 Å². The van der Waals surface area contributed by atoms with E-state index in [9.17, 15) is 4.79 Å². The highest BCUT2D eigenvalue weighted by Gasteiger charge is 2.25. The van der Waals surface area contributed by atoms with Crippen molar-refractivity contribution in [2.75, 3.05) is 7.11 Å². The van der Waals surface area contributed by atoms with Gasteiger partial charge in [-0.05, 0) is 31.4 Å². The second-order valence-corrected chi connectivity index (χ2v) is 5.22. The van der Waals surface area contributed by atoms with Crippen molar-refractivity contribution in [2.45, 2.75) is 26.2 Å². The number of fused-ring (bicyclic) bond motifs is 2. The average Bonchev–Trinajstić information content (AvgIpc) is 2.42. The first-order valence-electron chi connectivity index (χ1n) is 6.32. The zero-order chi connectivity index (χ0) is 13.6. The summed E-state index contributed by atoms with van der Waals surface area (Å²) >= 11 is 6.38. The Labute approximate surface area is 116 Å². The fraction of sp³-hybridized carbons (Fsp3) is 0.333. The molecule has 0 spiro atoms. The first-order valence-corrected chi connectivity index (χ1v) is 6.70. The topological polar surface area (TPSA) is 39.2 Å². The summed E-state index contributed by atoms with van der Waals surface area (Å²) in [5, 5.41) is 1.47. The lowest BCUT2D eigenvalue weighted by atomic mass is 9.92. The average molecular weight is 276 g/mol. The first kappa shape index (κ1) is 12.4. The normalized spacial score (nSPS) is 14.6. The summed E-state index contributed by atoms with van der Waals surface area (Å²) in [4.78, 5) is 16.5. The second kappa shape index (κ2) is 4.49. The molecular weight excluding hydrogens is 262 g/mol. The van der Waals surface area contributed by atoms with Gasteiger partial charge in [-0.15, -0.1) is 0 Å². The van der Waals surface area contributed by atoms with Crippen LogP contribution in [0.2, 0.25) is 5.02 Å². The maximum atomic E-state index is 12.0. The maximum absolute atomic E-state index is 12.0. The van der Waals surface area contributed by atoms with Gasteiger partial charge in [0.2, 0.25) is 0 Å². The second-order valence-electron chi connectivity index (χ2n) is 4.84. The van der Waals surface area contributed by atoms with E-state index in [0.29, 0.717) is 22.9 Å². The number of carbonyl (C=O) groups excluding carboxylic acids is 1. The van der Waals surface area contributed by atoms with Crippen molar-refractivity contribution in [2.24, 2.45) is 0 Å². The van der Waals surface area contributed by atoms with E-state index >= 15 is 0 Å². The molecule has 1 aliphatic carbocycles. The Bertz CT molecular complexity index is 694. The number of nitrogens with zero attached hydrogens (tertiary/aromatic N) is 1. The summed E-state index contributed by atoms with van der Waals surface area (Å²) in [6, 6.07) is 3.80. The van der Waals surface area contributed by atoms with Gasteiger partial charge < -0.3 is 4.74 Å². The molecule has 0 atom stereocenters. The Morgan fingerprint density at radius 2 is 2.11 bits per heavy atom. The molecule has 1 aliphatic rings. The van der Waals surface area contributed by atoms with Crippen molar-refractivity contribution in [1.82, 2.24) is 4.98 Å². The molecule has 0 bridgehead atoms. The summed E-state index contributed by atoms with van der Waals surface area (Å²) < 4.78 is 5.53. The molecular formula is C15H14ClNO2. The SMILES string of the molecule is COc1c2c(nc3ccc(C)c(Cl)c13)C(=O)CCC2. The number of pyridine rings is 1. The van der Waals surface area contributed by atoms with E-state index in [1.165, 1.54) is 0 Å². The molecule has 0 unspecified atom stereocenters. The molecule has 0 radical (unpaired) electrons. The molecule has 0 aliphatic heterocycles. The zero-order valence-electron chi connectivity index (χ0n) is 10.9. The number of Topliss-reactive ketones (excluding diaryl/α,β-unsaturated/α-hetero) is 1. The van der Waals surface area contributed by atoms with Gasteiger partial charge in [-0.25, -0.2) is 4.98 Å². The van der Waals surface area contributed by atoms with Gasteiger partial charge >= 0.3 is 0 Å². The van der Waals surface area contributed by atoms with Gasteiger partial charge in [0.25, 0.3) is 0 Å². The minimum absolute atomic E-state index is 0.0955. The molecule has 1 aromatic carbocycles. The van der Waals surface area contributed by atoms with Gasteiger partial charge in [-0.3, -0.25) is 4.79 Å². The predicted octanol–water partition coefficient (Wildman–Crippen LogP) is 3.72. The van der Waals surface area contributed by atoms with Crippen LogP contribution < -0.4 is 4.74 Å². The molecule has 1 aromatic heterocycles. The number of halogens is 1. The lowest BCUT2D eigenvalue weighted by Gasteiger charge is -2.19. The summed E-state index contributed by atoms with van der Waals surface area (Å²) in [5.41, 5.74) is 3.16. The highest BCUT2D eigenvalue weighted by molar-refractivity contribution is 6.36. The minimum Gasteiger partial charge on any atom is -0.496 e. The van der Waals surface area contributed by atoms with Crippen molar-refractivity contribution in [3.63, 3.8) is 0 Å². The molecule has 0 fully saturated rings. The van der Waals surface area contributed by atoms with Crippen LogP contribution in [-0.2, 0) is 6.42 Å². The van der Waals surface area contributed by atoms with Crippen LogP contribution in [0.15, 0.2) is 12.1 Å². The number of ketones is 1. The highest BCUT2D eigenvalue weighted by Crippen LogP contribution is 2.39. The number of methoxy groups -OCH3 is 1. The number of rotatable bonds is 1. The quantitative estimate of drug-likeness (QED) is 0.796. The van der Waals surface area contributed by atoms with Gasteiger partial charge in [0.1, 0.15) is 11.4 Å². The van der Waals surface area contributed by atoms with E-state index in [4.69, 9.17) is 16.3 Å². The molecule has 3 rings (SSSR count). The molecule has 4 heteroatoms. The number of aryl methyl sites for hydroxylation is 1. The molecule has 0 N–H and O–H groups in total. The van der Waals surface area contributed by atoms with Gasteiger partial charge in [-0.2, -0.15) is 0 Å². The van der Waals surface area contributed by atoms with Crippen LogP contribution >= 0.6 is 11.6 Å². The number of ether oxygens (including phenoxy) is 1. The van der Waals surface area contributed by atoms with Crippen LogP contribution in [0.25, 0.3) is 10.9 Å². The number of benzene rings is 1. The van der Waals surface area contributed by atoms with E-state index in [0.717, 1.165) is 34.9 Å². The largest absolute Gasteiger partial charge is 0.496 e. The third kappa shape index (κ3) is 1.80. The van der Waals surface area contributed by atoms with E-state index in [1.807, 2.05) is 19.1 Å². The number of hydrogen-bond acceptors (Lipinski definition) is 3. The molecule has 0 amide bonds. The monoisotopic (exact) mass is 275 g/mol. The molecule has 0 saturated heterocycles. The molecule has 19 heavy (non-hydrogen) atoms. The van der Waals surface area contributed by atoms with Crippen LogP contribution in [0.5, 0.6) is 5.75 Å². The first-order chi connectivity index (χ1) is 9.13. The molecule has 1 heterocycles. The van der Waals surface area contributed by atoms with Crippen molar-refractivity contribution < 1.29 is 9.53 Å². The number of carbonyl (C=O) groups is 1. The lowest BCUT2D eigenvalue weighted by molar-refractivity contribution is 0.0967. The van der Waals surface area contributed by atoms with Crippen molar-refractivity contribution in [1.29, 1.82) is 0 Å². The Morgan fingerprint density at radius 1 is 1.32 bits per heavy atom. The van der Waals surface area contributed by atoms with E-state index < -0.39 is 0 Å². The molecule has 3 nitrogen and oxygen atoms in total. The molecule has 0 saturated carbocycles. The van der Waals surface area contributed by atoms with Gasteiger partial charge in [-0.1, -0.05) is 17.7 Å². The van der Waals surface area contributed by atoms with E-state index in [1.54, 1.807) is 7.11 Å². The van der Waals surface area contributed by atoms with Crippen LogP contribution in [-0.4, -0.2) is 17.9 Å². The Hall–Kier alpha value is -1.61. The highest BCUT2D eigenvalue weighted by atomic mass is 35.5. The fourth-order valence-electron chi connectivity index (χ4n) is 2.66. The number of aromatic nitrogens is 1. The minimum atomic E-state index is 0.0955. The summed E-state index contributed by atoms with van der Waals surface area (Å²) in [6.45, 7) is 1.95. The zero-order valence-corrected chi connectivity index (χ0v) is 11.7. The van der Waals surface area contributed by atoms with Crippen LogP contribution in [0.1, 0.15) is 34.5 Å². The van der Waals surface area contributed by atoms with Crippen LogP contribution in [0, 0.1) is 6.92 Å². The van der Waals surface area contributed by atoms with Crippen molar-refractivity contribution in [3.8, 4) is 5.75 Å². The number of hydrogen-bond donors (Lipinski definition) is 0. The van der Waals surface area contributed by atoms with E-state index in [-0.39, 0.29) is 5.78 Å². The van der Waals surface area contributed by atoms with Crippen LogP contribution in [0.3, 0.4) is 0 Å². The standard InChI is InChI=1S/C15H14ClNO2/c1-8-6-7-10-12(13(8)16)15(19-2)9-4-3-5-11(18)14(9)17-10/h6-7H,3-5H2,1-2H3. The van der Waals surface area contributed by atoms with E-state index in [2.05, 4.69) is 4.98 Å².